The van der Waals surface area contributed by atoms with Gasteiger partial charge in [0.2, 0.25) is 0 Å². The number of aryl methyl sites for hydroxylation is 1. The van der Waals surface area contributed by atoms with E-state index in [9.17, 15) is 4.79 Å². The Balaban J connectivity index is 0.00000220. The molecule has 0 fully saturated rings. The first-order valence-corrected chi connectivity index (χ1v) is 7.58. The molecule has 1 aromatic heterocycles. The maximum absolute atomic E-state index is 11.9. The van der Waals surface area contributed by atoms with Crippen molar-refractivity contribution in [2.45, 2.75) is 26.2 Å². The Labute approximate surface area is 147 Å². The lowest BCUT2D eigenvalue weighted by Gasteiger charge is -2.04. The Hall–Kier alpha value is -1.30. The number of aromatic nitrogens is 1. The first-order valence-electron chi connectivity index (χ1n) is 6.76. The molecule has 1 amide bonds. The SMILES string of the molecule is CCCc1ncc(C(=O)NCCc2ccc(N)cc2)s1.Cl.Cl. The number of benzene rings is 1. The van der Waals surface area contributed by atoms with E-state index < -0.39 is 0 Å². The molecule has 0 radical (unpaired) electrons. The lowest BCUT2D eigenvalue weighted by molar-refractivity contribution is 0.0958. The molecule has 4 nitrogen and oxygen atoms in total. The average molecular weight is 362 g/mol. The minimum absolute atomic E-state index is 0. The Morgan fingerprint density at radius 2 is 1.91 bits per heavy atom. The number of hydrogen-bond donors (Lipinski definition) is 2. The number of halogens is 2. The van der Waals surface area contributed by atoms with Gasteiger partial charge in [0.15, 0.2) is 0 Å². The van der Waals surface area contributed by atoms with Crippen LogP contribution in [0, 0.1) is 0 Å². The molecule has 2 rings (SSSR count). The number of nitrogens with two attached hydrogens (primary N) is 1. The maximum atomic E-state index is 11.9. The van der Waals surface area contributed by atoms with Gasteiger partial charge in [-0.2, -0.15) is 0 Å². The Morgan fingerprint density at radius 1 is 1.23 bits per heavy atom. The number of nitrogens with zero attached hydrogens (tertiary/aromatic N) is 1. The molecule has 0 unspecified atom stereocenters. The van der Waals surface area contributed by atoms with Crippen LogP contribution < -0.4 is 11.1 Å². The molecule has 0 saturated heterocycles. The van der Waals surface area contributed by atoms with Gasteiger partial charge in [0, 0.05) is 12.2 Å². The van der Waals surface area contributed by atoms with Crippen LogP contribution in [0.1, 0.15) is 33.6 Å². The summed E-state index contributed by atoms with van der Waals surface area (Å²) in [7, 11) is 0. The highest BCUT2D eigenvalue weighted by Crippen LogP contribution is 2.14. The second kappa shape index (κ2) is 10.4. The third kappa shape index (κ3) is 6.22. The zero-order valence-corrected chi connectivity index (χ0v) is 14.8. The zero-order chi connectivity index (χ0) is 14.4. The lowest BCUT2D eigenvalue weighted by Crippen LogP contribution is -2.24. The van der Waals surface area contributed by atoms with Crippen LogP contribution in [0.15, 0.2) is 30.5 Å². The number of anilines is 1. The zero-order valence-electron chi connectivity index (χ0n) is 12.4. The number of amides is 1. The fourth-order valence-electron chi connectivity index (χ4n) is 1.84. The molecule has 1 aromatic carbocycles. The van der Waals surface area contributed by atoms with Crippen molar-refractivity contribution in [2.24, 2.45) is 0 Å². The third-order valence-electron chi connectivity index (χ3n) is 2.92. The van der Waals surface area contributed by atoms with Crippen molar-refractivity contribution in [1.82, 2.24) is 10.3 Å². The van der Waals surface area contributed by atoms with Crippen molar-refractivity contribution in [3.05, 3.63) is 45.9 Å². The summed E-state index contributed by atoms with van der Waals surface area (Å²) in [4.78, 5) is 16.9. The summed E-state index contributed by atoms with van der Waals surface area (Å²) in [6.45, 7) is 2.72. The number of rotatable bonds is 6. The van der Waals surface area contributed by atoms with E-state index in [4.69, 9.17) is 5.73 Å². The second-order valence-electron chi connectivity index (χ2n) is 4.62. The molecule has 0 aliphatic carbocycles. The van der Waals surface area contributed by atoms with Gasteiger partial charge in [-0.05, 0) is 37.0 Å². The van der Waals surface area contributed by atoms with Crippen molar-refractivity contribution in [3.8, 4) is 0 Å². The van der Waals surface area contributed by atoms with Gasteiger partial charge >= 0.3 is 0 Å². The van der Waals surface area contributed by atoms with E-state index in [0.29, 0.717) is 11.4 Å². The van der Waals surface area contributed by atoms with Crippen LogP contribution in [-0.2, 0) is 12.8 Å². The first kappa shape index (κ1) is 20.7. The largest absolute Gasteiger partial charge is 0.399 e. The quantitative estimate of drug-likeness (QED) is 0.773. The van der Waals surface area contributed by atoms with Gasteiger partial charge in [-0.1, -0.05) is 19.1 Å². The van der Waals surface area contributed by atoms with Gasteiger partial charge in [0.05, 0.1) is 11.2 Å². The maximum Gasteiger partial charge on any atom is 0.263 e. The molecule has 0 bridgehead atoms. The topological polar surface area (TPSA) is 68.0 Å². The summed E-state index contributed by atoms with van der Waals surface area (Å²) < 4.78 is 0. The molecule has 0 spiro atoms. The Morgan fingerprint density at radius 3 is 2.55 bits per heavy atom. The van der Waals surface area contributed by atoms with Crippen molar-refractivity contribution < 1.29 is 4.79 Å². The van der Waals surface area contributed by atoms with Crippen molar-refractivity contribution in [2.75, 3.05) is 12.3 Å². The van der Waals surface area contributed by atoms with Gasteiger partial charge in [0.25, 0.3) is 5.91 Å². The molecule has 7 heteroatoms. The van der Waals surface area contributed by atoms with E-state index in [2.05, 4.69) is 17.2 Å². The minimum atomic E-state index is -0.0414. The second-order valence-corrected chi connectivity index (χ2v) is 5.73. The van der Waals surface area contributed by atoms with Crippen LogP contribution in [0.25, 0.3) is 0 Å². The highest BCUT2D eigenvalue weighted by molar-refractivity contribution is 7.13. The lowest BCUT2D eigenvalue weighted by atomic mass is 10.1. The van der Waals surface area contributed by atoms with Crippen molar-refractivity contribution in [1.29, 1.82) is 0 Å². The van der Waals surface area contributed by atoms with Crippen molar-refractivity contribution >= 4 is 47.7 Å². The van der Waals surface area contributed by atoms with Crippen LogP contribution in [-0.4, -0.2) is 17.4 Å². The fourth-order valence-corrected chi connectivity index (χ4v) is 2.77. The van der Waals surface area contributed by atoms with E-state index in [1.165, 1.54) is 11.3 Å². The van der Waals surface area contributed by atoms with Crippen LogP contribution in [0.4, 0.5) is 5.69 Å². The summed E-state index contributed by atoms with van der Waals surface area (Å²) in [6.07, 6.45) is 4.44. The fraction of sp³-hybridized carbons (Fsp3) is 0.333. The highest BCUT2D eigenvalue weighted by Gasteiger charge is 2.09. The molecule has 1 heterocycles. The summed E-state index contributed by atoms with van der Waals surface area (Å²) >= 11 is 1.47. The number of carbonyl (C=O) groups is 1. The highest BCUT2D eigenvalue weighted by atomic mass is 35.5. The van der Waals surface area contributed by atoms with Crippen molar-refractivity contribution in [3.63, 3.8) is 0 Å². The Bertz CT molecular complexity index is 572. The predicted molar refractivity (Wildman–Crippen MR) is 97.5 cm³/mol. The smallest absolute Gasteiger partial charge is 0.263 e. The summed E-state index contributed by atoms with van der Waals surface area (Å²) in [5.41, 5.74) is 7.55. The Kier molecular flexibility index (Phi) is 9.81. The third-order valence-corrected chi connectivity index (χ3v) is 3.98. The number of thiazole rings is 1. The average Bonchev–Trinajstić information content (AvgIpc) is 2.90. The summed E-state index contributed by atoms with van der Waals surface area (Å²) in [5.74, 6) is -0.0414. The molecule has 0 aliphatic rings. The van der Waals surface area contributed by atoms with Gasteiger partial charge in [-0.3, -0.25) is 4.79 Å². The number of carbonyl (C=O) groups excluding carboxylic acids is 1. The molecule has 0 atom stereocenters. The van der Waals surface area contributed by atoms with Gasteiger partial charge < -0.3 is 11.1 Å². The predicted octanol–water partition coefficient (Wildman–Crippen LogP) is 3.49. The van der Waals surface area contributed by atoms with Gasteiger partial charge in [-0.15, -0.1) is 36.2 Å². The molecule has 0 saturated carbocycles. The number of nitrogens with one attached hydrogen (secondary N) is 1. The normalized spacial score (nSPS) is 9.50. The number of hydrogen-bond acceptors (Lipinski definition) is 4. The monoisotopic (exact) mass is 361 g/mol. The first-order chi connectivity index (χ1) is 9.69. The molecule has 122 valence electrons. The van der Waals surface area contributed by atoms with Crippen LogP contribution in [0.2, 0.25) is 0 Å². The van der Waals surface area contributed by atoms with E-state index in [0.717, 1.165) is 35.5 Å². The van der Waals surface area contributed by atoms with Gasteiger partial charge in [0.1, 0.15) is 4.88 Å². The molecule has 2 aromatic rings. The summed E-state index contributed by atoms with van der Waals surface area (Å²) in [6, 6.07) is 7.70. The molecular formula is C15H21Cl2N3OS. The standard InChI is InChI=1S/C15H19N3OS.2ClH/c1-2-3-14-18-10-13(20-14)15(19)17-9-8-11-4-6-12(16)7-5-11;;/h4-7,10H,2-3,8-9,16H2,1H3,(H,17,19);2*1H. The van der Waals surface area contributed by atoms with E-state index in [1.54, 1.807) is 6.20 Å². The van der Waals surface area contributed by atoms with Crippen LogP contribution in [0.3, 0.4) is 0 Å². The van der Waals surface area contributed by atoms with Crippen LogP contribution >= 0.6 is 36.2 Å². The van der Waals surface area contributed by atoms with Crippen LogP contribution in [0.5, 0.6) is 0 Å². The van der Waals surface area contributed by atoms with Gasteiger partial charge in [-0.25, -0.2) is 4.98 Å². The van der Waals surface area contributed by atoms with E-state index in [1.807, 2.05) is 24.3 Å². The van der Waals surface area contributed by atoms with E-state index >= 15 is 0 Å². The molecular weight excluding hydrogens is 341 g/mol. The van der Waals surface area contributed by atoms with E-state index in [-0.39, 0.29) is 30.7 Å². The summed E-state index contributed by atoms with van der Waals surface area (Å²) in [5, 5.41) is 3.94. The minimum Gasteiger partial charge on any atom is -0.399 e. The molecule has 22 heavy (non-hydrogen) atoms. The number of nitrogen functional groups attached to an aromatic ring is 1. The molecule has 0 aliphatic heterocycles. The molecule has 3 N–H and O–H groups in total.